The van der Waals surface area contributed by atoms with Gasteiger partial charge in [0.1, 0.15) is 0 Å². The van der Waals surface area contributed by atoms with E-state index in [9.17, 15) is 4.79 Å². The Hall–Kier alpha value is -0.830. The van der Waals surface area contributed by atoms with Crippen LogP contribution >= 0.6 is 0 Å². The minimum Gasteiger partial charge on any atom is -0.478 e. The summed E-state index contributed by atoms with van der Waals surface area (Å²) in [7, 11) is 0. The van der Waals surface area contributed by atoms with Gasteiger partial charge in [0, 0.05) is 18.2 Å². The molecule has 1 unspecified atom stereocenters. The Labute approximate surface area is 114 Å². The van der Waals surface area contributed by atoms with E-state index in [0.29, 0.717) is 18.2 Å². The van der Waals surface area contributed by atoms with E-state index in [-0.39, 0.29) is 0 Å². The van der Waals surface area contributed by atoms with Crippen LogP contribution in [0.2, 0.25) is 0 Å². The lowest BCUT2D eigenvalue weighted by atomic mass is 9.50. The summed E-state index contributed by atoms with van der Waals surface area (Å²) in [5.74, 6) is 3.96. The van der Waals surface area contributed by atoms with Crippen LogP contribution in [0.3, 0.4) is 0 Å². The fourth-order valence-corrected chi connectivity index (χ4v) is 5.75. The molecular weight excluding hydrogens is 238 g/mol. The lowest BCUT2D eigenvalue weighted by Crippen LogP contribution is -2.54. The number of carboxylic acid groups (broad SMARTS) is 1. The first-order chi connectivity index (χ1) is 9.20. The largest absolute Gasteiger partial charge is 0.478 e. The van der Waals surface area contributed by atoms with Crippen LogP contribution in [0.15, 0.2) is 11.6 Å². The third-order valence-corrected chi connectivity index (χ3v) is 6.21. The molecule has 1 atom stereocenters. The highest BCUT2D eigenvalue weighted by atomic mass is 16.4. The van der Waals surface area contributed by atoms with Gasteiger partial charge >= 0.3 is 5.97 Å². The third kappa shape index (κ3) is 1.94. The number of nitrogens with one attached hydrogen (secondary N) is 1. The van der Waals surface area contributed by atoms with Crippen molar-refractivity contribution in [2.45, 2.75) is 44.6 Å². The van der Waals surface area contributed by atoms with Gasteiger partial charge in [-0.3, -0.25) is 0 Å². The van der Waals surface area contributed by atoms with E-state index in [2.05, 4.69) is 5.32 Å². The normalized spacial score (nSPS) is 48.1. The van der Waals surface area contributed by atoms with Crippen LogP contribution in [0.5, 0.6) is 0 Å². The molecule has 5 aliphatic rings. The quantitative estimate of drug-likeness (QED) is 0.802. The van der Waals surface area contributed by atoms with Crippen molar-refractivity contribution >= 4 is 5.97 Å². The first-order valence-electron chi connectivity index (χ1n) is 7.86. The first-order valence-corrected chi connectivity index (χ1v) is 7.86. The maximum Gasteiger partial charge on any atom is 0.332 e. The number of hydrogen-bond acceptors (Lipinski definition) is 2. The molecule has 104 valence electrons. The van der Waals surface area contributed by atoms with Crippen molar-refractivity contribution in [2.24, 2.45) is 29.6 Å². The van der Waals surface area contributed by atoms with Gasteiger partial charge in [0.15, 0.2) is 0 Å². The lowest BCUT2D eigenvalue weighted by Gasteiger charge is -2.56. The molecule has 1 heterocycles. The van der Waals surface area contributed by atoms with E-state index >= 15 is 0 Å². The first kappa shape index (κ1) is 12.0. The van der Waals surface area contributed by atoms with Gasteiger partial charge in [-0.2, -0.15) is 0 Å². The Bertz CT molecular complexity index is 400. The van der Waals surface area contributed by atoms with E-state index < -0.39 is 5.97 Å². The van der Waals surface area contributed by atoms with Crippen LogP contribution in [0, 0.1) is 29.6 Å². The average molecular weight is 261 g/mol. The van der Waals surface area contributed by atoms with E-state index in [1.54, 1.807) is 0 Å². The number of rotatable bonds is 2. The van der Waals surface area contributed by atoms with Crippen LogP contribution in [0.25, 0.3) is 0 Å². The predicted molar refractivity (Wildman–Crippen MR) is 72.7 cm³/mol. The number of carbonyl (C=O) groups is 1. The second kappa shape index (κ2) is 4.34. The molecule has 4 saturated carbocycles. The van der Waals surface area contributed by atoms with E-state index in [1.807, 2.05) is 6.08 Å². The van der Waals surface area contributed by atoms with Crippen molar-refractivity contribution in [3.05, 3.63) is 11.6 Å². The highest BCUT2D eigenvalue weighted by molar-refractivity contribution is 5.87. The van der Waals surface area contributed by atoms with Gasteiger partial charge < -0.3 is 10.4 Å². The average Bonchev–Trinajstić information content (AvgIpc) is 2.38. The SMILES string of the molecule is O=C(O)C1=CCC(C2C3CC4CC(C3)CC2C4)NC1. The highest BCUT2D eigenvalue weighted by Crippen LogP contribution is 2.57. The van der Waals surface area contributed by atoms with Crippen LogP contribution in [-0.4, -0.2) is 23.7 Å². The fraction of sp³-hybridized carbons (Fsp3) is 0.812. The van der Waals surface area contributed by atoms with E-state index in [1.165, 1.54) is 32.1 Å². The predicted octanol–water partition coefficient (Wildman–Crippen LogP) is 2.43. The van der Waals surface area contributed by atoms with Gasteiger partial charge in [0.25, 0.3) is 0 Å². The molecule has 3 nitrogen and oxygen atoms in total. The lowest BCUT2D eigenvalue weighted by molar-refractivity contribution is -0.132. The van der Waals surface area contributed by atoms with Crippen LogP contribution in [0.4, 0.5) is 0 Å². The zero-order valence-corrected chi connectivity index (χ0v) is 11.3. The van der Waals surface area contributed by atoms with Crippen molar-refractivity contribution < 1.29 is 9.90 Å². The summed E-state index contributed by atoms with van der Waals surface area (Å²) >= 11 is 0. The van der Waals surface area contributed by atoms with Gasteiger partial charge in [-0.25, -0.2) is 4.79 Å². The zero-order chi connectivity index (χ0) is 13.0. The van der Waals surface area contributed by atoms with Gasteiger partial charge in [-0.15, -0.1) is 0 Å². The summed E-state index contributed by atoms with van der Waals surface area (Å²) in [6.07, 6.45) is 10.2. The molecular formula is C16H23NO2. The zero-order valence-electron chi connectivity index (χ0n) is 11.3. The summed E-state index contributed by atoms with van der Waals surface area (Å²) in [5, 5.41) is 12.6. The minimum absolute atomic E-state index is 0.540. The standard InChI is InChI=1S/C16H23NO2/c18-16(19)11-1-2-14(17-8-11)15-12-4-9-3-10(6-12)7-13(15)5-9/h1,9-10,12-15,17H,2-8H2,(H,18,19). The molecule has 19 heavy (non-hydrogen) atoms. The smallest absolute Gasteiger partial charge is 0.332 e. The molecule has 0 saturated heterocycles. The molecule has 0 aromatic rings. The number of aliphatic carboxylic acids is 1. The molecule has 0 spiro atoms. The van der Waals surface area contributed by atoms with E-state index in [4.69, 9.17) is 5.11 Å². The molecule has 3 heteroatoms. The minimum atomic E-state index is -0.754. The summed E-state index contributed by atoms with van der Waals surface area (Å²) in [5.41, 5.74) is 0.556. The van der Waals surface area contributed by atoms with Crippen molar-refractivity contribution in [1.82, 2.24) is 5.32 Å². The fourth-order valence-electron chi connectivity index (χ4n) is 5.75. The highest BCUT2D eigenvalue weighted by Gasteiger charge is 2.50. The van der Waals surface area contributed by atoms with E-state index in [0.717, 1.165) is 36.0 Å². The molecule has 5 rings (SSSR count). The number of hydrogen-bond donors (Lipinski definition) is 2. The van der Waals surface area contributed by atoms with Crippen LogP contribution in [0.1, 0.15) is 38.5 Å². The Balaban J connectivity index is 1.50. The maximum absolute atomic E-state index is 11.0. The molecule has 4 bridgehead atoms. The van der Waals surface area contributed by atoms with Gasteiger partial charge in [0.2, 0.25) is 0 Å². The Morgan fingerprint density at radius 1 is 1.11 bits per heavy atom. The maximum atomic E-state index is 11.0. The summed E-state index contributed by atoms with van der Waals surface area (Å²) in [6.45, 7) is 0.558. The van der Waals surface area contributed by atoms with Gasteiger partial charge in [-0.05, 0) is 68.1 Å². The van der Waals surface area contributed by atoms with Gasteiger partial charge in [-0.1, -0.05) is 6.08 Å². The molecule has 0 aromatic carbocycles. The number of carboxylic acids is 1. The second-order valence-electron chi connectivity index (χ2n) is 7.27. The molecule has 0 radical (unpaired) electrons. The van der Waals surface area contributed by atoms with Crippen LogP contribution < -0.4 is 5.32 Å². The monoisotopic (exact) mass is 261 g/mol. The Kier molecular flexibility index (Phi) is 2.73. The Morgan fingerprint density at radius 2 is 1.74 bits per heavy atom. The van der Waals surface area contributed by atoms with Crippen molar-refractivity contribution in [3.8, 4) is 0 Å². The summed E-state index contributed by atoms with van der Waals surface area (Å²) in [4.78, 5) is 11.0. The van der Waals surface area contributed by atoms with Gasteiger partial charge in [0.05, 0.1) is 0 Å². The van der Waals surface area contributed by atoms with Crippen molar-refractivity contribution in [1.29, 1.82) is 0 Å². The van der Waals surface area contributed by atoms with Crippen molar-refractivity contribution in [3.63, 3.8) is 0 Å². The van der Waals surface area contributed by atoms with Crippen molar-refractivity contribution in [2.75, 3.05) is 6.54 Å². The summed E-state index contributed by atoms with van der Waals surface area (Å²) in [6, 6.07) is 0.540. The topological polar surface area (TPSA) is 49.3 Å². The molecule has 0 amide bonds. The molecule has 4 fully saturated rings. The Morgan fingerprint density at radius 3 is 2.21 bits per heavy atom. The molecule has 2 N–H and O–H groups in total. The molecule has 0 aromatic heterocycles. The van der Waals surface area contributed by atoms with Crippen LogP contribution in [-0.2, 0) is 4.79 Å². The summed E-state index contributed by atoms with van der Waals surface area (Å²) < 4.78 is 0. The molecule has 4 aliphatic carbocycles. The molecule has 1 aliphatic heterocycles. The third-order valence-electron chi connectivity index (χ3n) is 6.21. The second-order valence-corrected chi connectivity index (χ2v) is 7.27.